The van der Waals surface area contributed by atoms with Gasteiger partial charge in [0.15, 0.2) is 5.13 Å². The van der Waals surface area contributed by atoms with Crippen LogP contribution in [0, 0.1) is 0 Å². The van der Waals surface area contributed by atoms with Crippen LogP contribution < -0.4 is 5.32 Å². The molecular formula is C20H27N3O3S2. The van der Waals surface area contributed by atoms with Crippen LogP contribution in [-0.2, 0) is 14.8 Å². The molecule has 1 amide bonds. The number of rotatable bonds is 12. The van der Waals surface area contributed by atoms with Crippen molar-refractivity contribution in [2.24, 2.45) is 0 Å². The van der Waals surface area contributed by atoms with Crippen molar-refractivity contribution in [1.29, 1.82) is 0 Å². The number of hydrogen-bond acceptors (Lipinski definition) is 5. The quantitative estimate of drug-likeness (QED) is 0.402. The molecule has 0 saturated carbocycles. The summed E-state index contributed by atoms with van der Waals surface area (Å²) in [6.07, 6.45) is 7.70. The van der Waals surface area contributed by atoms with Gasteiger partial charge in [-0.15, -0.1) is 13.2 Å². The molecule has 0 unspecified atom stereocenters. The van der Waals surface area contributed by atoms with Crippen molar-refractivity contribution in [3.63, 3.8) is 0 Å². The Kier molecular flexibility index (Phi) is 8.35. The highest BCUT2D eigenvalue weighted by molar-refractivity contribution is 7.89. The van der Waals surface area contributed by atoms with E-state index < -0.39 is 10.0 Å². The normalized spacial score (nSPS) is 11.6. The number of anilines is 1. The molecule has 0 bridgehead atoms. The SMILES string of the molecule is C=CCN(CC=C)S(=O)(=O)c1ccc2nc(NC(=O)CCCCCC)sc2c1. The second kappa shape index (κ2) is 10.5. The highest BCUT2D eigenvalue weighted by atomic mass is 32.2. The van der Waals surface area contributed by atoms with Crippen LogP contribution in [0.4, 0.5) is 5.13 Å². The Bertz CT molecular complexity index is 925. The van der Waals surface area contributed by atoms with Crippen LogP contribution in [-0.4, -0.2) is 36.7 Å². The first kappa shape index (κ1) is 22.3. The number of benzene rings is 1. The zero-order valence-corrected chi connectivity index (χ0v) is 17.8. The molecule has 0 aliphatic carbocycles. The van der Waals surface area contributed by atoms with Crippen molar-refractivity contribution < 1.29 is 13.2 Å². The molecule has 2 rings (SSSR count). The van der Waals surface area contributed by atoms with Gasteiger partial charge in [-0.05, 0) is 24.6 Å². The second-order valence-electron chi connectivity index (χ2n) is 6.41. The minimum Gasteiger partial charge on any atom is -0.302 e. The molecule has 0 radical (unpaired) electrons. The number of aromatic nitrogens is 1. The summed E-state index contributed by atoms with van der Waals surface area (Å²) in [6.45, 7) is 9.76. The first-order valence-corrected chi connectivity index (χ1v) is 11.6. The summed E-state index contributed by atoms with van der Waals surface area (Å²) < 4.78 is 27.7. The van der Waals surface area contributed by atoms with E-state index in [-0.39, 0.29) is 23.9 Å². The summed E-state index contributed by atoms with van der Waals surface area (Å²) in [5.74, 6) is -0.0638. The minimum absolute atomic E-state index is 0.0638. The molecule has 1 aromatic heterocycles. The summed E-state index contributed by atoms with van der Waals surface area (Å²) in [5, 5.41) is 3.30. The molecule has 0 atom stereocenters. The number of hydrogen-bond donors (Lipinski definition) is 1. The van der Waals surface area contributed by atoms with Crippen LogP contribution >= 0.6 is 11.3 Å². The van der Waals surface area contributed by atoms with Gasteiger partial charge in [0.2, 0.25) is 15.9 Å². The number of thiazole rings is 1. The molecule has 28 heavy (non-hydrogen) atoms. The van der Waals surface area contributed by atoms with E-state index in [0.717, 1.165) is 25.7 Å². The Morgan fingerprint density at radius 3 is 2.57 bits per heavy atom. The van der Waals surface area contributed by atoms with Crippen molar-refractivity contribution in [3.05, 3.63) is 43.5 Å². The lowest BCUT2D eigenvalue weighted by molar-refractivity contribution is -0.116. The molecular weight excluding hydrogens is 394 g/mol. The first-order valence-electron chi connectivity index (χ1n) is 9.34. The summed E-state index contributed by atoms with van der Waals surface area (Å²) in [6, 6.07) is 4.79. The number of fused-ring (bicyclic) bond motifs is 1. The molecule has 152 valence electrons. The molecule has 1 N–H and O–H groups in total. The van der Waals surface area contributed by atoms with Crippen LogP contribution in [0.15, 0.2) is 48.4 Å². The van der Waals surface area contributed by atoms with E-state index in [9.17, 15) is 13.2 Å². The summed E-state index contributed by atoms with van der Waals surface area (Å²) >= 11 is 1.27. The van der Waals surface area contributed by atoms with Crippen LogP contribution in [0.2, 0.25) is 0 Å². The molecule has 8 heteroatoms. The van der Waals surface area contributed by atoms with E-state index in [1.54, 1.807) is 24.3 Å². The van der Waals surface area contributed by atoms with Crippen molar-refractivity contribution in [1.82, 2.24) is 9.29 Å². The van der Waals surface area contributed by atoms with E-state index in [4.69, 9.17) is 0 Å². The number of nitrogens with one attached hydrogen (secondary N) is 1. The predicted octanol–water partition coefficient (Wildman–Crippen LogP) is 4.57. The van der Waals surface area contributed by atoms with Gasteiger partial charge in [0.25, 0.3) is 0 Å². The zero-order chi connectivity index (χ0) is 20.6. The maximum atomic E-state index is 12.9. The second-order valence-corrected chi connectivity index (χ2v) is 9.38. The Labute approximate surface area is 171 Å². The third-order valence-electron chi connectivity index (χ3n) is 4.17. The number of unbranched alkanes of at least 4 members (excludes halogenated alkanes) is 3. The molecule has 0 fully saturated rings. The average Bonchev–Trinajstić information content (AvgIpc) is 3.06. The predicted molar refractivity (Wildman–Crippen MR) is 116 cm³/mol. The van der Waals surface area contributed by atoms with Crippen LogP contribution in [0.25, 0.3) is 10.2 Å². The Hall–Kier alpha value is -2.03. The molecule has 0 aliphatic heterocycles. The summed E-state index contributed by atoms with van der Waals surface area (Å²) in [5.41, 5.74) is 0.657. The van der Waals surface area contributed by atoms with Gasteiger partial charge in [-0.3, -0.25) is 4.79 Å². The summed E-state index contributed by atoms with van der Waals surface area (Å²) in [4.78, 5) is 16.6. The maximum Gasteiger partial charge on any atom is 0.243 e. The van der Waals surface area contributed by atoms with Crippen LogP contribution in [0.5, 0.6) is 0 Å². The fraction of sp³-hybridized carbons (Fsp3) is 0.400. The van der Waals surface area contributed by atoms with Crippen LogP contribution in [0.3, 0.4) is 0 Å². The van der Waals surface area contributed by atoms with Gasteiger partial charge in [0.05, 0.1) is 15.1 Å². The number of carbonyl (C=O) groups excluding carboxylic acids is 1. The smallest absolute Gasteiger partial charge is 0.243 e. The lowest BCUT2D eigenvalue weighted by atomic mass is 10.1. The zero-order valence-electron chi connectivity index (χ0n) is 16.2. The minimum atomic E-state index is -3.67. The largest absolute Gasteiger partial charge is 0.302 e. The Morgan fingerprint density at radius 2 is 1.93 bits per heavy atom. The topological polar surface area (TPSA) is 79.4 Å². The third kappa shape index (κ3) is 5.73. The van der Waals surface area contributed by atoms with E-state index in [1.165, 1.54) is 21.7 Å². The monoisotopic (exact) mass is 421 g/mol. The van der Waals surface area contributed by atoms with Gasteiger partial charge in [-0.1, -0.05) is 49.7 Å². The molecule has 1 aromatic carbocycles. The number of sulfonamides is 1. The lowest BCUT2D eigenvalue weighted by Gasteiger charge is -2.18. The van der Waals surface area contributed by atoms with Crippen LogP contribution in [0.1, 0.15) is 39.0 Å². The molecule has 0 spiro atoms. The summed E-state index contributed by atoms with van der Waals surface area (Å²) in [7, 11) is -3.67. The maximum absolute atomic E-state index is 12.9. The third-order valence-corrected chi connectivity index (χ3v) is 6.93. The van der Waals surface area contributed by atoms with E-state index >= 15 is 0 Å². The van der Waals surface area contributed by atoms with Gasteiger partial charge in [-0.2, -0.15) is 4.31 Å². The average molecular weight is 422 g/mol. The van der Waals surface area contributed by atoms with Crippen molar-refractivity contribution in [2.75, 3.05) is 18.4 Å². The van der Waals surface area contributed by atoms with Gasteiger partial charge in [0.1, 0.15) is 0 Å². The standard InChI is InChI=1S/C20H27N3O3S2/c1-4-7-8-9-10-19(24)22-20-21-17-12-11-16(15-18(17)27-20)28(25,26)23(13-5-2)14-6-3/h5-6,11-12,15H,2-4,7-10,13-14H2,1H3,(H,21,22,24). The lowest BCUT2D eigenvalue weighted by Crippen LogP contribution is -2.31. The number of nitrogens with zero attached hydrogens (tertiary/aromatic N) is 2. The van der Waals surface area contributed by atoms with Gasteiger partial charge in [0, 0.05) is 19.5 Å². The van der Waals surface area contributed by atoms with Gasteiger partial charge >= 0.3 is 0 Å². The molecule has 2 aromatic rings. The van der Waals surface area contributed by atoms with E-state index in [0.29, 0.717) is 21.8 Å². The number of carbonyl (C=O) groups is 1. The molecule has 1 heterocycles. The van der Waals surface area contributed by atoms with Crippen molar-refractivity contribution in [2.45, 2.75) is 43.9 Å². The molecule has 6 nitrogen and oxygen atoms in total. The van der Waals surface area contributed by atoms with Gasteiger partial charge in [-0.25, -0.2) is 13.4 Å². The fourth-order valence-corrected chi connectivity index (χ4v) is 5.12. The Balaban J connectivity index is 2.16. The van der Waals surface area contributed by atoms with Crippen molar-refractivity contribution in [3.8, 4) is 0 Å². The highest BCUT2D eigenvalue weighted by Crippen LogP contribution is 2.29. The van der Waals surface area contributed by atoms with Crippen molar-refractivity contribution >= 4 is 42.6 Å². The molecule has 0 aliphatic rings. The molecule has 0 saturated heterocycles. The van der Waals surface area contributed by atoms with E-state index in [2.05, 4.69) is 30.4 Å². The van der Waals surface area contributed by atoms with Gasteiger partial charge < -0.3 is 5.32 Å². The Morgan fingerprint density at radius 1 is 1.21 bits per heavy atom. The van der Waals surface area contributed by atoms with E-state index in [1.807, 2.05) is 0 Å². The number of amides is 1. The fourth-order valence-electron chi connectivity index (χ4n) is 2.72. The highest BCUT2D eigenvalue weighted by Gasteiger charge is 2.23. The first-order chi connectivity index (χ1) is 13.4.